The smallest absolute Gasteiger partial charge is 0.349 e. The molecule has 2 N–H and O–H groups in total. The normalized spacial score (nSPS) is 12.5. The maximum Gasteiger partial charge on any atom is 0.417 e. The van der Waals surface area contributed by atoms with E-state index in [1.807, 2.05) is 0 Å². The van der Waals surface area contributed by atoms with Gasteiger partial charge in [0.25, 0.3) is 0 Å². The number of aromatic amines is 1. The van der Waals surface area contributed by atoms with Crippen LogP contribution in [-0.4, -0.2) is 24.9 Å². The van der Waals surface area contributed by atoms with Crippen LogP contribution in [0.4, 0.5) is 13.2 Å². The Morgan fingerprint density at radius 2 is 1.95 bits per heavy atom. The fourth-order valence-corrected chi connectivity index (χ4v) is 3.01. The van der Waals surface area contributed by atoms with E-state index < -0.39 is 26.7 Å². The molecule has 0 aliphatic carbocycles. The summed E-state index contributed by atoms with van der Waals surface area (Å²) in [4.78, 5) is 5.89. The van der Waals surface area contributed by atoms with Crippen LogP contribution in [0.25, 0.3) is 0 Å². The number of nitrogens with one attached hydrogen (secondary N) is 2. The van der Waals surface area contributed by atoms with Crippen molar-refractivity contribution in [1.82, 2.24) is 14.7 Å². The Labute approximate surface area is 119 Å². The van der Waals surface area contributed by atoms with Crippen LogP contribution in [0.1, 0.15) is 11.4 Å². The number of sulfonamides is 1. The lowest BCUT2D eigenvalue weighted by atomic mass is 10.2. The van der Waals surface area contributed by atoms with Gasteiger partial charge in [-0.05, 0) is 12.1 Å². The summed E-state index contributed by atoms with van der Waals surface area (Å²) >= 11 is 0. The number of nitrogens with zero attached hydrogens (tertiary/aromatic N) is 1. The lowest BCUT2D eigenvalue weighted by Gasteiger charge is -2.13. The number of hydrogen-bond acceptors (Lipinski definition) is 3. The molecule has 1 aromatic carbocycles. The number of rotatable bonds is 5. The Kier molecular flexibility index (Phi) is 4.33. The van der Waals surface area contributed by atoms with Crippen molar-refractivity contribution in [3.63, 3.8) is 0 Å². The first kappa shape index (κ1) is 15.5. The van der Waals surface area contributed by atoms with E-state index in [1.54, 1.807) is 6.20 Å². The van der Waals surface area contributed by atoms with Crippen LogP contribution >= 0.6 is 0 Å². The predicted octanol–water partition coefficient (Wildman–Crippen LogP) is 1.95. The van der Waals surface area contributed by atoms with Gasteiger partial charge in [-0.2, -0.15) is 13.2 Å². The van der Waals surface area contributed by atoms with Gasteiger partial charge >= 0.3 is 6.18 Å². The Bertz CT molecular complexity index is 697. The average Bonchev–Trinajstić information content (AvgIpc) is 2.91. The fraction of sp³-hybridized carbons (Fsp3) is 0.250. The van der Waals surface area contributed by atoms with E-state index in [9.17, 15) is 21.6 Å². The van der Waals surface area contributed by atoms with Gasteiger partial charge in [0.2, 0.25) is 10.0 Å². The summed E-state index contributed by atoms with van der Waals surface area (Å²) in [7, 11) is -4.24. The third-order valence-corrected chi connectivity index (χ3v) is 4.21. The second-order valence-corrected chi connectivity index (χ2v) is 5.91. The summed E-state index contributed by atoms with van der Waals surface area (Å²) in [5, 5.41) is 0. The summed E-state index contributed by atoms with van der Waals surface area (Å²) in [5.41, 5.74) is -1.18. The SMILES string of the molecule is O=S(=O)(NCCc1ncc[nH]1)c1ccccc1C(F)(F)F. The van der Waals surface area contributed by atoms with Gasteiger partial charge in [0.1, 0.15) is 5.82 Å². The first-order chi connectivity index (χ1) is 9.81. The third-order valence-electron chi connectivity index (χ3n) is 2.69. The average molecular weight is 319 g/mol. The zero-order valence-electron chi connectivity index (χ0n) is 10.7. The third kappa shape index (κ3) is 3.82. The molecule has 2 rings (SSSR count). The van der Waals surface area contributed by atoms with Gasteiger partial charge in [0.05, 0.1) is 10.5 Å². The summed E-state index contributed by atoms with van der Waals surface area (Å²) < 4.78 is 64.6. The molecule has 0 spiro atoms. The van der Waals surface area contributed by atoms with E-state index in [0.29, 0.717) is 5.82 Å². The van der Waals surface area contributed by atoms with Crippen molar-refractivity contribution in [2.45, 2.75) is 17.5 Å². The van der Waals surface area contributed by atoms with Crippen LogP contribution in [-0.2, 0) is 22.6 Å². The zero-order valence-corrected chi connectivity index (χ0v) is 11.5. The summed E-state index contributed by atoms with van der Waals surface area (Å²) in [6.07, 6.45) is -1.40. The molecule has 2 aromatic rings. The quantitative estimate of drug-likeness (QED) is 0.884. The van der Waals surface area contributed by atoms with Crippen molar-refractivity contribution >= 4 is 10.0 Å². The number of benzene rings is 1. The number of alkyl halides is 3. The summed E-state index contributed by atoms with van der Waals surface area (Å²) in [6, 6.07) is 4.06. The van der Waals surface area contributed by atoms with Crippen molar-refractivity contribution in [1.29, 1.82) is 0 Å². The van der Waals surface area contributed by atoms with Crippen molar-refractivity contribution in [2.75, 3.05) is 6.54 Å². The molecule has 0 aliphatic heterocycles. The zero-order chi connectivity index (χ0) is 15.5. The second kappa shape index (κ2) is 5.86. The van der Waals surface area contributed by atoms with Gasteiger partial charge in [-0.15, -0.1) is 0 Å². The molecular formula is C12H12F3N3O2S. The lowest BCUT2D eigenvalue weighted by Crippen LogP contribution is -2.28. The first-order valence-electron chi connectivity index (χ1n) is 5.95. The van der Waals surface area contributed by atoms with Gasteiger partial charge < -0.3 is 4.98 Å². The Balaban J connectivity index is 2.16. The molecule has 0 saturated carbocycles. The van der Waals surface area contributed by atoms with Gasteiger partial charge in [0.15, 0.2) is 0 Å². The maximum absolute atomic E-state index is 12.8. The lowest BCUT2D eigenvalue weighted by molar-refractivity contribution is -0.139. The van der Waals surface area contributed by atoms with Crippen LogP contribution in [0.2, 0.25) is 0 Å². The number of imidazole rings is 1. The molecule has 114 valence electrons. The molecule has 0 fully saturated rings. The van der Waals surface area contributed by atoms with Crippen LogP contribution in [0.15, 0.2) is 41.6 Å². The van der Waals surface area contributed by atoms with Crippen molar-refractivity contribution in [2.24, 2.45) is 0 Å². The Morgan fingerprint density at radius 3 is 2.57 bits per heavy atom. The molecule has 0 bridgehead atoms. The summed E-state index contributed by atoms with van der Waals surface area (Å²) in [6.45, 7) is -0.0535. The van der Waals surface area contributed by atoms with Gasteiger partial charge in [-0.1, -0.05) is 12.1 Å². The minimum Gasteiger partial charge on any atom is -0.349 e. The predicted molar refractivity (Wildman–Crippen MR) is 68.9 cm³/mol. The van der Waals surface area contributed by atoms with E-state index >= 15 is 0 Å². The maximum atomic E-state index is 12.8. The van der Waals surface area contributed by atoms with Crippen LogP contribution in [0, 0.1) is 0 Å². The van der Waals surface area contributed by atoms with E-state index in [0.717, 1.165) is 18.2 Å². The van der Waals surface area contributed by atoms with Crippen LogP contribution in [0.5, 0.6) is 0 Å². The molecule has 1 aromatic heterocycles. The first-order valence-corrected chi connectivity index (χ1v) is 7.43. The van der Waals surface area contributed by atoms with Crippen molar-refractivity contribution < 1.29 is 21.6 Å². The number of aromatic nitrogens is 2. The van der Waals surface area contributed by atoms with Gasteiger partial charge in [-0.3, -0.25) is 0 Å². The highest BCUT2D eigenvalue weighted by molar-refractivity contribution is 7.89. The van der Waals surface area contributed by atoms with Gasteiger partial charge in [0, 0.05) is 25.4 Å². The molecule has 9 heteroatoms. The van der Waals surface area contributed by atoms with E-state index in [-0.39, 0.29) is 13.0 Å². The molecule has 5 nitrogen and oxygen atoms in total. The fourth-order valence-electron chi connectivity index (χ4n) is 1.75. The monoisotopic (exact) mass is 319 g/mol. The molecule has 0 atom stereocenters. The number of hydrogen-bond donors (Lipinski definition) is 2. The van der Waals surface area contributed by atoms with Crippen molar-refractivity contribution in [3.8, 4) is 0 Å². The molecular weight excluding hydrogens is 307 g/mol. The Hall–Kier alpha value is -1.87. The van der Waals surface area contributed by atoms with Crippen LogP contribution in [0.3, 0.4) is 0 Å². The van der Waals surface area contributed by atoms with E-state index in [1.165, 1.54) is 12.3 Å². The van der Waals surface area contributed by atoms with Crippen molar-refractivity contribution in [3.05, 3.63) is 48.0 Å². The van der Waals surface area contributed by atoms with E-state index in [4.69, 9.17) is 0 Å². The number of H-pyrrole nitrogens is 1. The largest absolute Gasteiger partial charge is 0.417 e. The molecule has 0 aliphatic rings. The Morgan fingerprint density at radius 1 is 1.24 bits per heavy atom. The minimum atomic E-state index is -4.73. The topological polar surface area (TPSA) is 74.8 Å². The minimum absolute atomic E-state index is 0.0535. The van der Waals surface area contributed by atoms with E-state index in [2.05, 4.69) is 14.7 Å². The second-order valence-electron chi connectivity index (χ2n) is 4.18. The molecule has 1 heterocycles. The summed E-state index contributed by atoms with van der Waals surface area (Å²) in [5.74, 6) is 0.543. The molecule has 0 radical (unpaired) electrons. The highest BCUT2D eigenvalue weighted by Gasteiger charge is 2.36. The highest BCUT2D eigenvalue weighted by atomic mass is 32.2. The molecule has 0 unspecified atom stereocenters. The van der Waals surface area contributed by atoms with Gasteiger partial charge in [-0.25, -0.2) is 18.1 Å². The number of halogens is 3. The molecule has 0 amide bonds. The highest BCUT2D eigenvalue weighted by Crippen LogP contribution is 2.33. The standard InChI is InChI=1S/C12H12F3N3O2S/c13-12(14,15)9-3-1-2-4-10(9)21(19,20)18-6-5-11-16-7-8-17-11/h1-4,7-8,18H,5-6H2,(H,16,17). The molecule has 0 saturated heterocycles. The van der Waals surface area contributed by atoms with Crippen LogP contribution < -0.4 is 4.72 Å². The molecule has 21 heavy (non-hydrogen) atoms.